The highest BCUT2D eigenvalue weighted by Gasteiger charge is 2.30. The van der Waals surface area contributed by atoms with Crippen LogP contribution in [-0.4, -0.2) is 16.1 Å². The van der Waals surface area contributed by atoms with Gasteiger partial charge in [-0.15, -0.1) is 0 Å². The molecule has 2 amide bonds. The zero-order valence-electron chi connectivity index (χ0n) is 13.9. The number of pyridine rings is 1. The minimum atomic E-state index is -0.381. The van der Waals surface area contributed by atoms with Gasteiger partial charge in [-0.05, 0) is 65.4 Å². The molecule has 0 radical (unpaired) electrons. The normalized spacial score (nSPS) is 16.1. The van der Waals surface area contributed by atoms with Crippen LogP contribution in [-0.2, 0) is 4.79 Å². The molecule has 0 saturated carbocycles. The van der Waals surface area contributed by atoms with E-state index < -0.39 is 0 Å². The minimum Gasteiger partial charge on any atom is -0.464 e. The van der Waals surface area contributed by atoms with Crippen molar-refractivity contribution in [1.29, 1.82) is 0 Å². The van der Waals surface area contributed by atoms with Crippen LogP contribution in [0.5, 0.6) is 0 Å². The number of aromatic nitrogens is 1. The largest absolute Gasteiger partial charge is 0.464 e. The number of nitrogens with zero attached hydrogens (tertiary/aromatic N) is 1. The molecular formula is C21H12N2O3S. The van der Waals surface area contributed by atoms with Gasteiger partial charge in [-0.2, -0.15) is 0 Å². The number of carbonyl (C=O) groups is 2. The summed E-state index contributed by atoms with van der Waals surface area (Å²) in [5.41, 5.74) is 4.19. The summed E-state index contributed by atoms with van der Waals surface area (Å²) in [5, 5.41) is 2.95. The van der Waals surface area contributed by atoms with Crippen molar-refractivity contribution in [3.63, 3.8) is 0 Å². The molecule has 1 N–H and O–H groups in total. The Balaban J connectivity index is 1.78. The number of imide groups is 1. The van der Waals surface area contributed by atoms with Gasteiger partial charge < -0.3 is 4.42 Å². The molecular weight excluding hydrogens is 360 g/mol. The summed E-state index contributed by atoms with van der Waals surface area (Å²) in [4.78, 5) is 28.9. The maximum Gasteiger partial charge on any atom is 0.290 e. The summed E-state index contributed by atoms with van der Waals surface area (Å²) in [5.74, 6) is 0.344. The Hall–Kier alpha value is -3.38. The van der Waals surface area contributed by atoms with E-state index in [9.17, 15) is 9.59 Å². The van der Waals surface area contributed by atoms with Crippen LogP contribution in [0, 0.1) is 0 Å². The van der Waals surface area contributed by atoms with Gasteiger partial charge in [0, 0.05) is 22.7 Å². The predicted octanol–water partition coefficient (Wildman–Crippen LogP) is 4.68. The number of hydrogen-bond acceptors (Lipinski definition) is 5. The number of amides is 2. The van der Waals surface area contributed by atoms with E-state index in [1.807, 2.05) is 54.6 Å². The van der Waals surface area contributed by atoms with Gasteiger partial charge in [0.1, 0.15) is 5.76 Å². The lowest BCUT2D eigenvalue weighted by atomic mass is 9.97. The smallest absolute Gasteiger partial charge is 0.290 e. The number of rotatable bonds is 2. The SMILES string of the molecule is O=C1NC(=O)C(=C(c2cc3cccoc-3c2)c2ccc3ncccc3c2)S1. The average molecular weight is 372 g/mol. The van der Waals surface area contributed by atoms with E-state index in [4.69, 9.17) is 4.42 Å². The highest BCUT2D eigenvalue weighted by atomic mass is 32.2. The molecule has 27 heavy (non-hydrogen) atoms. The Kier molecular flexibility index (Phi) is 3.58. The molecule has 0 bridgehead atoms. The molecule has 3 heterocycles. The molecule has 1 aromatic heterocycles. The first kappa shape index (κ1) is 15.8. The highest BCUT2D eigenvalue weighted by Crippen LogP contribution is 2.40. The lowest BCUT2D eigenvalue weighted by molar-refractivity contribution is -0.115. The van der Waals surface area contributed by atoms with Gasteiger partial charge >= 0.3 is 0 Å². The van der Waals surface area contributed by atoms with E-state index in [1.165, 1.54) is 0 Å². The van der Waals surface area contributed by atoms with Crippen LogP contribution in [0.4, 0.5) is 4.79 Å². The van der Waals surface area contributed by atoms with Crippen LogP contribution in [0.25, 0.3) is 27.8 Å². The molecule has 3 aliphatic rings. The second-order valence-electron chi connectivity index (χ2n) is 6.14. The fraction of sp³-hybridized carbons (Fsp3) is 0. The third-order valence-electron chi connectivity index (χ3n) is 4.46. The Morgan fingerprint density at radius 3 is 2.74 bits per heavy atom. The van der Waals surface area contributed by atoms with Crippen LogP contribution in [0.1, 0.15) is 11.1 Å². The van der Waals surface area contributed by atoms with Gasteiger partial charge in [-0.25, -0.2) is 0 Å². The second-order valence-corrected chi connectivity index (χ2v) is 7.12. The number of nitrogens with one attached hydrogen (secondary N) is 1. The van der Waals surface area contributed by atoms with Crippen molar-refractivity contribution in [2.24, 2.45) is 0 Å². The predicted molar refractivity (Wildman–Crippen MR) is 104 cm³/mol. The second kappa shape index (κ2) is 6.10. The minimum absolute atomic E-state index is 0.365. The molecule has 2 aromatic rings. The van der Waals surface area contributed by atoms with E-state index >= 15 is 0 Å². The standard InChI is InChI=1S/C21H12N2O3S/c24-20-19(27-21(25)23-20)18(15-10-13-4-2-8-26-17(13)11-15)14-5-6-16-12(9-14)3-1-7-22-16/h1-11H,(H,23,24,25). The van der Waals surface area contributed by atoms with Crippen LogP contribution in [0.2, 0.25) is 0 Å². The molecule has 1 aliphatic carbocycles. The molecule has 130 valence electrons. The zero-order valence-corrected chi connectivity index (χ0v) is 14.7. The van der Waals surface area contributed by atoms with Gasteiger partial charge in [-0.1, -0.05) is 12.1 Å². The van der Waals surface area contributed by atoms with E-state index in [-0.39, 0.29) is 11.1 Å². The van der Waals surface area contributed by atoms with E-state index in [2.05, 4.69) is 10.3 Å². The van der Waals surface area contributed by atoms with Crippen molar-refractivity contribution in [2.45, 2.75) is 0 Å². The maximum absolute atomic E-state index is 12.4. The summed E-state index contributed by atoms with van der Waals surface area (Å²) in [7, 11) is 0. The summed E-state index contributed by atoms with van der Waals surface area (Å²) >= 11 is 0.921. The Morgan fingerprint density at radius 2 is 1.93 bits per heavy atom. The fourth-order valence-electron chi connectivity index (χ4n) is 3.28. The summed E-state index contributed by atoms with van der Waals surface area (Å²) < 4.78 is 5.55. The number of thioether (sulfide) groups is 1. The third-order valence-corrected chi connectivity index (χ3v) is 5.34. The van der Waals surface area contributed by atoms with Crippen molar-refractivity contribution in [2.75, 3.05) is 0 Å². The molecule has 1 aromatic carbocycles. The molecule has 5 rings (SSSR count). The first-order valence-electron chi connectivity index (χ1n) is 8.29. The lowest BCUT2D eigenvalue weighted by Gasteiger charge is -2.10. The highest BCUT2D eigenvalue weighted by molar-refractivity contribution is 8.18. The van der Waals surface area contributed by atoms with E-state index in [0.29, 0.717) is 10.5 Å². The molecule has 2 aliphatic heterocycles. The van der Waals surface area contributed by atoms with Crippen molar-refractivity contribution >= 4 is 39.4 Å². The number of benzene rings is 1. The van der Waals surface area contributed by atoms with Gasteiger partial charge in [0.2, 0.25) is 0 Å². The number of hydrogen-bond donors (Lipinski definition) is 1. The summed E-state index contributed by atoms with van der Waals surface area (Å²) in [6.07, 6.45) is 3.35. The molecule has 6 heteroatoms. The van der Waals surface area contributed by atoms with Gasteiger partial charge in [0.05, 0.1) is 16.7 Å². The molecule has 0 atom stereocenters. The quantitative estimate of drug-likeness (QED) is 0.518. The molecule has 1 saturated heterocycles. The zero-order chi connectivity index (χ0) is 18.4. The van der Waals surface area contributed by atoms with Crippen LogP contribution >= 0.6 is 11.8 Å². The Bertz CT molecular complexity index is 1190. The monoisotopic (exact) mass is 372 g/mol. The number of fused-ring (bicyclic) bond motifs is 2. The van der Waals surface area contributed by atoms with Gasteiger partial charge in [0.15, 0.2) is 0 Å². The van der Waals surface area contributed by atoms with Crippen molar-refractivity contribution in [3.8, 4) is 11.3 Å². The molecule has 1 fully saturated rings. The average Bonchev–Trinajstić information content (AvgIpc) is 3.24. The lowest BCUT2D eigenvalue weighted by Crippen LogP contribution is -2.18. The van der Waals surface area contributed by atoms with Gasteiger partial charge in [0.25, 0.3) is 11.1 Å². The molecule has 5 nitrogen and oxygen atoms in total. The van der Waals surface area contributed by atoms with E-state index in [0.717, 1.165) is 45.1 Å². The van der Waals surface area contributed by atoms with E-state index in [1.54, 1.807) is 12.5 Å². The Morgan fingerprint density at radius 1 is 1.00 bits per heavy atom. The Labute approximate surface area is 158 Å². The number of carbonyl (C=O) groups excluding carboxylic acids is 2. The molecule has 0 spiro atoms. The van der Waals surface area contributed by atoms with Crippen molar-refractivity contribution < 1.29 is 14.0 Å². The van der Waals surface area contributed by atoms with Crippen molar-refractivity contribution in [3.05, 3.63) is 83.1 Å². The van der Waals surface area contributed by atoms with Crippen molar-refractivity contribution in [1.82, 2.24) is 10.3 Å². The molecule has 0 unspecified atom stereocenters. The fourth-order valence-corrected chi connectivity index (χ4v) is 4.09. The summed E-state index contributed by atoms with van der Waals surface area (Å²) in [6.45, 7) is 0. The topological polar surface area (TPSA) is 72.2 Å². The van der Waals surface area contributed by atoms with Gasteiger partial charge in [-0.3, -0.25) is 19.9 Å². The van der Waals surface area contributed by atoms with Crippen LogP contribution in [0.15, 0.2) is 76.4 Å². The maximum atomic E-state index is 12.4. The first-order chi connectivity index (χ1) is 13.2. The summed E-state index contributed by atoms with van der Waals surface area (Å²) in [6, 6.07) is 17.3. The van der Waals surface area contributed by atoms with Crippen LogP contribution in [0.3, 0.4) is 0 Å². The van der Waals surface area contributed by atoms with Crippen LogP contribution < -0.4 is 5.32 Å². The first-order valence-corrected chi connectivity index (χ1v) is 9.11. The third kappa shape index (κ3) is 2.71.